The number of nitrogens with zero attached hydrogens (tertiary/aromatic N) is 6. The second kappa shape index (κ2) is 10.9. The number of hydrogen-bond acceptors (Lipinski definition) is 9. The van der Waals surface area contributed by atoms with Gasteiger partial charge in [-0.1, -0.05) is 0 Å². The van der Waals surface area contributed by atoms with Crippen LogP contribution >= 0.6 is 0 Å². The van der Waals surface area contributed by atoms with Gasteiger partial charge >= 0.3 is 0 Å². The van der Waals surface area contributed by atoms with Crippen LogP contribution in [0, 0.1) is 17.0 Å². The molecule has 0 bridgehead atoms. The van der Waals surface area contributed by atoms with E-state index in [1.54, 1.807) is 19.4 Å². The summed E-state index contributed by atoms with van der Waals surface area (Å²) in [5, 5.41) is 16.1. The molecule has 2 aromatic heterocycles. The average molecular weight is 520 g/mol. The number of hydrogen-bond donors (Lipinski definition) is 1. The van der Waals surface area contributed by atoms with Crippen molar-refractivity contribution in [3.8, 4) is 22.8 Å². The van der Waals surface area contributed by atoms with Crippen molar-refractivity contribution in [3.05, 3.63) is 58.4 Å². The maximum absolute atomic E-state index is 12.0. The molecule has 0 spiro atoms. The molecular weight excluding hydrogens is 486 g/mol. The summed E-state index contributed by atoms with van der Waals surface area (Å²) in [6, 6.07) is 9.05. The average Bonchev–Trinajstić information content (AvgIpc) is 3.23. The van der Waals surface area contributed by atoms with E-state index in [0.717, 1.165) is 40.0 Å². The number of benzene rings is 2. The van der Waals surface area contributed by atoms with Gasteiger partial charge in [0.1, 0.15) is 17.2 Å². The molecule has 0 fully saturated rings. The van der Waals surface area contributed by atoms with Crippen molar-refractivity contribution in [2.45, 2.75) is 6.92 Å². The smallest absolute Gasteiger partial charge is 0.294 e. The van der Waals surface area contributed by atoms with Gasteiger partial charge in [-0.3, -0.25) is 10.1 Å². The van der Waals surface area contributed by atoms with Gasteiger partial charge in [-0.05, 0) is 38.7 Å². The van der Waals surface area contributed by atoms with Gasteiger partial charge in [-0.15, -0.1) is 0 Å². The Morgan fingerprint density at radius 1 is 1.11 bits per heavy atom. The Hall–Kier alpha value is -4.38. The number of ether oxygens (including phenoxy) is 2. The van der Waals surface area contributed by atoms with E-state index in [4.69, 9.17) is 14.5 Å². The fraction of sp³-hybridized carbons (Fsp3) is 0.333. The number of rotatable bonds is 10. The predicted molar refractivity (Wildman–Crippen MR) is 150 cm³/mol. The van der Waals surface area contributed by atoms with Crippen molar-refractivity contribution < 1.29 is 14.4 Å². The number of methoxy groups -OCH3 is 2. The SMILES string of the molecule is COc1ccc2c(-c3nc(Nc4cc([N+](=O)[O-])c(N(C)CCN(C)C)cc4OC)ncc3C)cn(C)c2c1. The largest absolute Gasteiger partial charge is 0.497 e. The van der Waals surface area contributed by atoms with E-state index in [9.17, 15) is 10.1 Å². The third-order valence-electron chi connectivity index (χ3n) is 6.46. The number of fused-ring (bicyclic) bond motifs is 1. The predicted octanol–water partition coefficient (Wildman–Crippen LogP) is 4.61. The number of nitrogens with one attached hydrogen (secondary N) is 1. The molecule has 2 aromatic carbocycles. The Morgan fingerprint density at radius 2 is 1.87 bits per heavy atom. The highest BCUT2D eigenvalue weighted by atomic mass is 16.6. The number of aromatic nitrogens is 3. The van der Waals surface area contributed by atoms with Crippen molar-refractivity contribution >= 4 is 33.9 Å². The Morgan fingerprint density at radius 3 is 2.53 bits per heavy atom. The second-order valence-corrected chi connectivity index (χ2v) is 9.41. The molecule has 0 amide bonds. The van der Waals surface area contributed by atoms with E-state index in [0.29, 0.717) is 29.6 Å². The summed E-state index contributed by atoms with van der Waals surface area (Å²) >= 11 is 0. The summed E-state index contributed by atoms with van der Waals surface area (Å²) < 4.78 is 13.0. The highest BCUT2D eigenvalue weighted by Crippen LogP contribution is 2.39. The molecule has 200 valence electrons. The number of likely N-dealkylation sites (N-methyl/N-ethyl adjacent to an activating group) is 2. The number of aryl methyl sites for hydroxylation is 2. The van der Waals surface area contributed by atoms with Crippen molar-refractivity contribution in [3.63, 3.8) is 0 Å². The second-order valence-electron chi connectivity index (χ2n) is 9.41. The van der Waals surface area contributed by atoms with Crippen molar-refractivity contribution in [2.24, 2.45) is 7.05 Å². The van der Waals surface area contributed by atoms with E-state index in [1.165, 1.54) is 13.2 Å². The van der Waals surface area contributed by atoms with Crippen molar-refractivity contribution in [1.82, 2.24) is 19.4 Å². The minimum atomic E-state index is -0.391. The highest BCUT2D eigenvalue weighted by Gasteiger charge is 2.23. The summed E-state index contributed by atoms with van der Waals surface area (Å²) in [6.07, 6.45) is 3.75. The van der Waals surface area contributed by atoms with Gasteiger partial charge in [0.15, 0.2) is 0 Å². The molecule has 38 heavy (non-hydrogen) atoms. The van der Waals surface area contributed by atoms with Crippen LogP contribution in [0.15, 0.2) is 42.7 Å². The lowest BCUT2D eigenvalue weighted by molar-refractivity contribution is -0.384. The van der Waals surface area contributed by atoms with E-state index in [1.807, 2.05) is 73.9 Å². The fourth-order valence-electron chi connectivity index (χ4n) is 4.32. The van der Waals surface area contributed by atoms with Crippen LogP contribution in [0.1, 0.15) is 5.56 Å². The number of nitro groups is 1. The van der Waals surface area contributed by atoms with Crippen LogP contribution < -0.4 is 19.7 Å². The minimum absolute atomic E-state index is 0.0371. The van der Waals surface area contributed by atoms with Crippen LogP contribution in [0.2, 0.25) is 0 Å². The van der Waals surface area contributed by atoms with Gasteiger partial charge in [-0.2, -0.15) is 0 Å². The van der Waals surface area contributed by atoms with Gasteiger partial charge < -0.3 is 29.2 Å². The van der Waals surface area contributed by atoms with Crippen LogP contribution in [0.4, 0.5) is 23.0 Å². The molecule has 0 aliphatic heterocycles. The van der Waals surface area contributed by atoms with Crippen LogP contribution in [-0.2, 0) is 7.05 Å². The van der Waals surface area contributed by atoms with Crippen molar-refractivity contribution in [2.75, 3.05) is 58.7 Å². The number of nitro benzene ring substituents is 1. The molecule has 2 heterocycles. The third-order valence-corrected chi connectivity index (χ3v) is 6.46. The molecule has 0 unspecified atom stereocenters. The number of anilines is 3. The summed E-state index contributed by atoms with van der Waals surface area (Å²) in [6.45, 7) is 3.31. The monoisotopic (exact) mass is 519 g/mol. The van der Waals surface area contributed by atoms with Gasteiger partial charge in [0.05, 0.1) is 36.0 Å². The Bertz CT molecular complexity index is 1480. The van der Waals surface area contributed by atoms with Gasteiger partial charge in [0, 0.05) is 68.7 Å². The normalized spacial score (nSPS) is 11.2. The molecule has 0 radical (unpaired) electrons. The molecule has 0 saturated carbocycles. The van der Waals surface area contributed by atoms with E-state index in [-0.39, 0.29) is 5.69 Å². The lowest BCUT2D eigenvalue weighted by Crippen LogP contribution is -2.28. The van der Waals surface area contributed by atoms with Crippen LogP contribution in [0.3, 0.4) is 0 Å². The van der Waals surface area contributed by atoms with Crippen LogP contribution in [-0.4, -0.2) is 72.8 Å². The molecule has 4 rings (SSSR count). The molecule has 11 nitrogen and oxygen atoms in total. The Balaban J connectivity index is 1.73. The lowest BCUT2D eigenvalue weighted by atomic mass is 10.1. The molecule has 0 atom stereocenters. The first kappa shape index (κ1) is 26.7. The van der Waals surface area contributed by atoms with E-state index >= 15 is 0 Å². The first-order valence-corrected chi connectivity index (χ1v) is 12.1. The van der Waals surface area contributed by atoms with Gasteiger partial charge in [-0.25, -0.2) is 9.97 Å². The molecule has 0 saturated heterocycles. The zero-order valence-corrected chi connectivity index (χ0v) is 22.8. The van der Waals surface area contributed by atoms with Gasteiger partial charge in [0.2, 0.25) is 5.95 Å². The van der Waals surface area contributed by atoms with Crippen LogP contribution in [0.5, 0.6) is 11.5 Å². The Labute approximate surface area is 221 Å². The Kier molecular flexibility index (Phi) is 7.67. The first-order valence-electron chi connectivity index (χ1n) is 12.1. The minimum Gasteiger partial charge on any atom is -0.497 e. The molecule has 0 aliphatic rings. The molecular formula is C27H33N7O4. The lowest BCUT2D eigenvalue weighted by Gasteiger charge is -2.22. The van der Waals surface area contributed by atoms with E-state index < -0.39 is 4.92 Å². The summed E-state index contributed by atoms with van der Waals surface area (Å²) in [5.41, 5.74) is 4.45. The summed E-state index contributed by atoms with van der Waals surface area (Å²) in [4.78, 5) is 24.7. The maximum atomic E-state index is 12.0. The fourth-order valence-corrected chi connectivity index (χ4v) is 4.32. The zero-order valence-electron chi connectivity index (χ0n) is 22.8. The standard InChI is InChI=1S/C27H33N7O4/c1-17-15-28-27(30-26(17)20-16-33(5)22-12-18(37-6)8-9-19(20)22)29-21-13-24(34(35)36)23(14-25(21)38-7)32(4)11-10-31(2)3/h8-9,12-16H,10-11H2,1-7H3,(H,28,29,30). The molecule has 0 aliphatic carbocycles. The van der Waals surface area contributed by atoms with Crippen LogP contribution in [0.25, 0.3) is 22.2 Å². The first-order chi connectivity index (χ1) is 18.1. The topological polar surface area (TPSA) is 111 Å². The quantitative estimate of drug-likeness (QED) is 0.237. The molecule has 11 heteroatoms. The van der Waals surface area contributed by atoms with Gasteiger partial charge in [0.25, 0.3) is 5.69 Å². The van der Waals surface area contributed by atoms with E-state index in [2.05, 4.69) is 10.3 Å². The molecule has 4 aromatic rings. The zero-order chi connectivity index (χ0) is 27.6. The highest BCUT2D eigenvalue weighted by molar-refractivity contribution is 5.96. The summed E-state index contributed by atoms with van der Waals surface area (Å²) in [5.74, 6) is 1.53. The molecule has 1 N–H and O–H groups in total. The maximum Gasteiger partial charge on any atom is 0.294 e. The summed E-state index contributed by atoms with van der Waals surface area (Å²) in [7, 11) is 10.9. The van der Waals surface area contributed by atoms with Crippen molar-refractivity contribution in [1.29, 1.82) is 0 Å². The third kappa shape index (κ3) is 5.32.